The number of rotatable bonds is 7. The van der Waals surface area contributed by atoms with Crippen molar-refractivity contribution in [2.75, 3.05) is 20.3 Å². The van der Waals surface area contributed by atoms with Crippen molar-refractivity contribution in [3.05, 3.63) is 29.3 Å². The summed E-state index contributed by atoms with van der Waals surface area (Å²) in [6, 6.07) is 7.53. The topological polar surface area (TPSA) is 66.2 Å². The van der Waals surface area contributed by atoms with Gasteiger partial charge in [0.25, 0.3) is 0 Å². The van der Waals surface area contributed by atoms with E-state index in [0.717, 1.165) is 12.0 Å². The summed E-state index contributed by atoms with van der Waals surface area (Å²) in [5.41, 5.74) is 0.824. The Morgan fingerprint density at radius 3 is 2.96 bits per heavy atom. The van der Waals surface area contributed by atoms with Crippen LogP contribution in [0.25, 0.3) is 11.4 Å². The number of carbonyl (C=O) groups excluding carboxylic acids is 1. The lowest BCUT2D eigenvalue weighted by atomic mass is 10.2. The Hall–Kier alpha value is -1.57. The van der Waals surface area contributed by atoms with Crippen LogP contribution in [0.5, 0.6) is 0 Å². The number of esters is 1. The van der Waals surface area contributed by atoms with Gasteiger partial charge in [-0.2, -0.15) is 0 Å². The van der Waals surface area contributed by atoms with Crippen LogP contribution in [0.4, 0.5) is 0 Å². The van der Waals surface area contributed by atoms with Gasteiger partial charge in [0.2, 0.25) is 0 Å². The smallest absolute Gasteiger partial charge is 0.319 e. The first kappa shape index (κ1) is 17.3. The minimum Gasteiger partial charge on any atom is -0.465 e. The molecule has 2 heterocycles. The van der Waals surface area contributed by atoms with Gasteiger partial charge in [0.15, 0.2) is 11.0 Å². The molecule has 1 fully saturated rings. The maximum atomic E-state index is 11.7. The molecule has 8 heteroatoms. The van der Waals surface area contributed by atoms with Crippen LogP contribution in [0, 0.1) is 0 Å². The average Bonchev–Trinajstić information content (AvgIpc) is 3.16. The largest absolute Gasteiger partial charge is 0.465 e. The van der Waals surface area contributed by atoms with Crippen molar-refractivity contribution in [2.45, 2.75) is 29.8 Å². The van der Waals surface area contributed by atoms with Crippen LogP contribution in [0.2, 0.25) is 5.02 Å². The predicted octanol–water partition coefficient (Wildman–Crippen LogP) is 3.04. The van der Waals surface area contributed by atoms with E-state index in [1.54, 1.807) is 7.11 Å². The summed E-state index contributed by atoms with van der Waals surface area (Å²) in [5.74, 6) is 0.510. The summed E-state index contributed by atoms with van der Waals surface area (Å²) in [4.78, 5) is 11.7. The molecule has 6 nitrogen and oxygen atoms in total. The average molecular weight is 368 g/mol. The first-order chi connectivity index (χ1) is 11.7. The van der Waals surface area contributed by atoms with Gasteiger partial charge in [-0.15, -0.1) is 10.2 Å². The van der Waals surface area contributed by atoms with Crippen LogP contribution >= 0.6 is 23.4 Å². The SMILES string of the molecule is COCCCn1c(SC2CCOC2=O)nnc1-c1ccccc1Cl. The number of nitrogens with zero attached hydrogens (tertiary/aromatic N) is 3. The zero-order valence-corrected chi connectivity index (χ0v) is 14.8. The molecule has 1 aliphatic heterocycles. The monoisotopic (exact) mass is 367 g/mol. The van der Waals surface area contributed by atoms with E-state index in [4.69, 9.17) is 21.1 Å². The number of methoxy groups -OCH3 is 1. The molecule has 0 radical (unpaired) electrons. The van der Waals surface area contributed by atoms with Crippen molar-refractivity contribution in [1.82, 2.24) is 14.8 Å². The first-order valence-electron chi connectivity index (χ1n) is 7.71. The molecule has 3 rings (SSSR count). The molecule has 1 saturated heterocycles. The molecular formula is C16H18ClN3O3S. The highest BCUT2D eigenvalue weighted by molar-refractivity contribution is 8.00. The first-order valence-corrected chi connectivity index (χ1v) is 8.97. The molecule has 0 N–H and O–H groups in total. The Labute approximate surface area is 149 Å². The van der Waals surface area contributed by atoms with Crippen molar-refractivity contribution in [1.29, 1.82) is 0 Å². The molecule has 128 valence electrons. The highest BCUT2D eigenvalue weighted by atomic mass is 35.5. The summed E-state index contributed by atoms with van der Waals surface area (Å²) in [6.45, 7) is 1.78. The third-order valence-electron chi connectivity index (χ3n) is 3.70. The van der Waals surface area contributed by atoms with E-state index in [1.165, 1.54) is 11.8 Å². The Morgan fingerprint density at radius 2 is 2.25 bits per heavy atom. The van der Waals surface area contributed by atoms with Crippen LogP contribution in [-0.4, -0.2) is 46.3 Å². The van der Waals surface area contributed by atoms with Crippen LogP contribution < -0.4 is 0 Å². The fraction of sp³-hybridized carbons (Fsp3) is 0.438. The van der Waals surface area contributed by atoms with Gasteiger partial charge in [-0.25, -0.2) is 0 Å². The minimum atomic E-state index is -0.227. The van der Waals surface area contributed by atoms with Gasteiger partial charge >= 0.3 is 5.97 Å². The van der Waals surface area contributed by atoms with Gasteiger partial charge in [0, 0.05) is 32.2 Å². The number of benzene rings is 1. The normalized spacial score (nSPS) is 17.2. The second-order valence-corrected chi connectivity index (χ2v) is 6.92. The van der Waals surface area contributed by atoms with E-state index in [9.17, 15) is 4.79 Å². The molecule has 1 unspecified atom stereocenters. The number of carbonyl (C=O) groups is 1. The van der Waals surface area contributed by atoms with Crippen molar-refractivity contribution in [2.24, 2.45) is 0 Å². The number of aromatic nitrogens is 3. The van der Waals surface area contributed by atoms with Gasteiger partial charge in [-0.1, -0.05) is 35.5 Å². The summed E-state index contributed by atoms with van der Waals surface area (Å²) in [7, 11) is 1.67. The van der Waals surface area contributed by atoms with Gasteiger partial charge < -0.3 is 14.0 Å². The second-order valence-electron chi connectivity index (χ2n) is 5.35. The maximum Gasteiger partial charge on any atom is 0.319 e. The lowest BCUT2D eigenvalue weighted by Gasteiger charge is -2.12. The molecule has 0 spiro atoms. The standard InChI is InChI=1S/C16H18ClN3O3S/c1-22-9-4-8-20-14(11-5-2-3-6-12(11)17)18-19-16(20)24-13-7-10-23-15(13)21/h2-3,5-6,13H,4,7-10H2,1H3. The fourth-order valence-corrected chi connectivity index (χ4v) is 3.74. The van der Waals surface area contributed by atoms with Gasteiger partial charge in [-0.05, 0) is 18.6 Å². The lowest BCUT2D eigenvalue weighted by Crippen LogP contribution is -2.12. The van der Waals surface area contributed by atoms with Crippen LogP contribution in [0.3, 0.4) is 0 Å². The van der Waals surface area contributed by atoms with Crippen molar-refractivity contribution < 1.29 is 14.3 Å². The zero-order chi connectivity index (χ0) is 16.9. The number of halogens is 1. The number of hydrogen-bond acceptors (Lipinski definition) is 6. The Morgan fingerprint density at radius 1 is 1.42 bits per heavy atom. The van der Waals surface area contributed by atoms with Crippen LogP contribution in [0.1, 0.15) is 12.8 Å². The Kier molecular flexibility index (Phi) is 5.76. The van der Waals surface area contributed by atoms with E-state index in [0.29, 0.717) is 42.2 Å². The van der Waals surface area contributed by atoms with E-state index in [1.807, 2.05) is 28.8 Å². The van der Waals surface area contributed by atoms with Crippen LogP contribution in [0.15, 0.2) is 29.4 Å². The summed E-state index contributed by atoms with van der Waals surface area (Å²) in [6.07, 6.45) is 1.50. The summed E-state index contributed by atoms with van der Waals surface area (Å²) in [5, 5.41) is 9.68. The van der Waals surface area contributed by atoms with Gasteiger partial charge in [0.05, 0.1) is 11.6 Å². The molecule has 1 aromatic carbocycles. The molecule has 0 bridgehead atoms. The number of thioether (sulfide) groups is 1. The van der Waals surface area contributed by atoms with Crippen molar-refractivity contribution >= 4 is 29.3 Å². The molecule has 1 aliphatic rings. The van der Waals surface area contributed by atoms with E-state index in [2.05, 4.69) is 10.2 Å². The van der Waals surface area contributed by atoms with Gasteiger partial charge in [-0.3, -0.25) is 4.79 Å². The number of ether oxygens (including phenoxy) is 2. The minimum absolute atomic E-state index is 0.189. The molecule has 24 heavy (non-hydrogen) atoms. The molecule has 1 aromatic heterocycles. The van der Waals surface area contributed by atoms with Crippen LogP contribution in [-0.2, 0) is 20.8 Å². The molecule has 0 amide bonds. The molecule has 2 aromatic rings. The highest BCUT2D eigenvalue weighted by Gasteiger charge is 2.30. The van der Waals surface area contributed by atoms with E-state index in [-0.39, 0.29) is 11.2 Å². The predicted molar refractivity (Wildman–Crippen MR) is 92.2 cm³/mol. The Balaban J connectivity index is 1.90. The summed E-state index contributed by atoms with van der Waals surface area (Å²) < 4.78 is 12.2. The molecule has 0 aliphatic carbocycles. The third kappa shape index (κ3) is 3.74. The Bertz CT molecular complexity index is 722. The molecule has 0 saturated carbocycles. The van der Waals surface area contributed by atoms with Crippen molar-refractivity contribution in [3.63, 3.8) is 0 Å². The third-order valence-corrected chi connectivity index (χ3v) is 5.25. The highest BCUT2D eigenvalue weighted by Crippen LogP contribution is 2.33. The zero-order valence-electron chi connectivity index (χ0n) is 13.3. The molecular weight excluding hydrogens is 350 g/mol. The number of hydrogen-bond donors (Lipinski definition) is 0. The lowest BCUT2D eigenvalue weighted by molar-refractivity contribution is -0.137. The maximum absolute atomic E-state index is 11.7. The second kappa shape index (κ2) is 8.00. The van der Waals surface area contributed by atoms with E-state index >= 15 is 0 Å². The van der Waals surface area contributed by atoms with E-state index < -0.39 is 0 Å². The molecule has 1 atom stereocenters. The number of cyclic esters (lactones) is 1. The quantitative estimate of drug-likeness (QED) is 0.553. The van der Waals surface area contributed by atoms with Crippen molar-refractivity contribution in [3.8, 4) is 11.4 Å². The fourth-order valence-electron chi connectivity index (χ4n) is 2.50. The summed E-state index contributed by atoms with van der Waals surface area (Å²) >= 11 is 7.70. The van der Waals surface area contributed by atoms with Gasteiger partial charge in [0.1, 0.15) is 5.25 Å².